The summed E-state index contributed by atoms with van der Waals surface area (Å²) >= 11 is -3.04. The molecule has 1 atom stereocenters. The Morgan fingerprint density at radius 2 is 1.94 bits per heavy atom. The molecule has 0 aliphatic rings. The Morgan fingerprint density at radius 3 is 2.56 bits per heavy atom. The molecule has 1 unspecified atom stereocenters. The Labute approximate surface area is 101 Å². The first-order valence-electron chi connectivity index (χ1n) is 5.42. The molecule has 0 radical (unpaired) electrons. The Morgan fingerprint density at radius 1 is 1.25 bits per heavy atom. The monoisotopic (exact) mass is 287 g/mol. The fourth-order valence-electron chi connectivity index (χ4n) is 1.17. The van der Waals surface area contributed by atoms with Crippen molar-refractivity contribution in [2.75, 3.05) is 12.3 Å². The third-order valence-electron chi connectivity index (χ3n) is 2.05. The molecule has 0 saturated carbocycles. The van der Waals surface area contributed by atoms with Crippen molar-refractivity contribution in [2.45, 2.75) is 26.2 Å². The molecule has 5 heteroatoms. The molecule has 0 aliphatic carbocycles. The number of hydrogen-bond donors (Lipinski definition) is 1. The third kappa shape index (κ3) is 5.29. The van der Waals surface area contributed by atoms with Gasteiger partial charge in [0.15, 0.2) is 0 Å². The molecule has 0 saturated heterocycles. The quantitative estimate of drug-likeness (QED) is 0.473. The average molecular weight is 287 g/mol. The number of unbranched alkanes of at least 4 members (excludes halogenated alkanes) is 2. The summed E-state index contributed by atoms with van der Waals surface area (Å²) in [4.78, 5) is 0. The van der Waals surface area contributed by atoms with Gasteiger partial charge in [-0.1, -0.05) is 0 Å². The van der Waals surface area contributed by atoms with E-state index in [0.29, 0.717) is 18.0 Å². The molecule has 0 aliphatic heterocycles. The summed E-state index contributed by atoms with van der Waals surface area (Å²) in [6, 6.07) is 6.79. The first-order chi connectivity index (χ1) is 7.72. The van der Waals surface area contributed by atoms with E-state index >= 15 is 0 Å². The summed E-state index contributed by atoms with van der Waals surface area (Å²) in [7, 11) is 0. The fraction of sp³-hybridized carbons (Fsp3) is 0.455. The molecule has 1 aromatic carbocycles. The van der Waals surface area contributed by atoms with Crippen LogP contribution in [0.4, 0.5) is 5.69 Å². The van der Waals surface area contributed by atoms with E-state index in [-0.39, 0.29) is 0 Å². The van der Waals surface area contributed by atoms with Gasteiger partial charge in [0.2, 0.25) is 0 Å². The van der Waals surface area contributed by atoms with E-state index in [9.17, 15) is 3.74 Å². The maximum atomic E-state index is 11.4. The van der Waals surface area contributed by atoms with Crippen molar-refractivity contribution in [3.8, 4) is 5.75 Å². The van der Waals surface area contributed by atoms with Crippen LogP contribution in [0.2, 0.25) is 0 Å². The van der Waals surface area contributed by atoms with Gasteiger partial charge in [0, 0.05) is 0 Å². The molecule has 0 fully saturated rings. The Balaban J connectivity index is 2.26. The van der Waals surface area contributed by atoms with Gasteiger partial charge in [-0.05, 0) is 0 Å². The molecule has 0 bridgehead atoms. The number of rotatable bonds is 7. The molecule has 1 aromatic rings. The van der Waals surface area contributed by atoms with E-state index < -0.39 is 15.3 Å². The van der Waals surface area contributed by atoms with E-state index in [1.807, 2.05) is 0 Å². The summed E-state index contributed by atoms with van der Waals surface area (Å²) in [5.41, 5.74) is 6.18. The maximum absolute atomic E-state index is 11.4. The Kier molecular flexibility index (Phi) is 6.12. The standard InChI is InChI=1S/C11H18AsNO3/c1-2-3-4-9-15-12(14)16-11-7-5-10(13)6-8-11/h5-8,12H,2-4,9,13H2,1H3. The first-order valence-corrected chi connectivity index (χ1v) is 7.99. The summed E-state index contributed by atoms with van der Waals surface area (Å²) in [5.74, 6) is 0.551. The van der Waals surface area contributed by atoms with Crippen LogP contribution in [0.3, 0.4) is 0 Å². The van der Waals surface area contributed by atoms with E-state index in [0.717, 1.165) is 19.3 Å². The predicted octanol–water partition coefficient (Wildman–Crippen LogP) is 2.00. The van der Waals surface area contributed by atoms with Crippen molar-refractivity contribution in [1.82, 2.24) is 0 Å². The third-order valence-corrected chi connectivity index (χ3v) is 3.82. The predicted molar refractivity (Wildman–Crippen MR) is 64.8 cm³/mol. The van der Waals surface area contributed by atoms with Gasteiger partial charge < -0.3 is 0 Å². The van der Waals surface area contributed by atoms with Crippen LogP contribution in [0, 0.1) is 0 Å². The molecular formula is C11H18AsNO3. The second-order valence-corrected chi connectivity index (χ2v) is 5.56. The molecule has 2 N–H and O–H groups in total. The van der Waals surface area contributed by atoms with Gasteiger partial charge in [-0.2, -0.15) is 0 Å². The molecule has 0 heterocycles. The van der Waals surface area contributed by atoms with Crippen LogP contribution in [0.5, 0.6) is 5.75 Å². The van der Waals surface area contributed by atoms with Gasteiger partial charge in [-0.3, -0.25) is 0 Å². The van der Waals surface area contributed by atoms with Crippen molar-refractivity contribution in [1.29, 1.82) is 0 Å². The Hall–Kier alpha value is -0.862. The molecule has 0 spiro atoms. The van der Waals surface area contributed by atoms with E-state index in [4.69, 9.17) is 13.2 Å². The van der Waals surface area contributed by atoms with Crippen LogP contribution in [0.1, 0.15) is 26.2 Å². The zero-order valence-electron chi connectivity index (χ0n) is 9.44. The van der Waals surface area contributed by atoms with Crippen LogP contribution < -0.4 is 9.46 Å². The van der Waals surface area contributed by atoms with Crippen molar-refractivity contribution < 1.29 is 11.2 Å². The summed E-state index contributed by atoms with van der Waals surface area (Å²) < 4.78 is 21.8. The first kappa shape index (κ1) is 13.2. The SMILES string of the molecule is CCCCCO[AsH](=O)Oc1ccc(N)cc1. The van der Waals surface area contributed by atoms with Crippen LogP contribution >= 0.6 is 0 Å². The number of hydrogen-bond acceptors (Lipinski definition) is 4. The van der Waals surface area contributed by atoms with Crippen molar-refractivity contribution in [2.24, 2.45) is 0 Å². The molecule has 1 rings (SSSR count). The van der Waals surface area contributed by atoms with Crippen LogP contribution in [-0.2, 0) is 7.47 Å². The van der Waals surface area contributed by atoms with Crippen molar-refractivity contribution in [3.05, 3.63) is 24.3 Å². The normalized spacial score (nSPS) is 12.3. The topological polar surface area (TPSA) is 61.5 Å². The fourth-order valence-corrected chi connectivity index (χ4v) is 2.63. The molecule has 0 amide bonds. The summed E-state index contributed by atoms with van der Waals surface area (Å²) in [6.07, 6.45) is 3.14. The number of anilines is 1. The zero-order valence-corrected chi connectivity index (χ0v) is 11.5. The van der Waals surface area contributed by atoms with Crippen LogP contribution in [0.25, 0.3) is 0 Å². The summed E-state index contributed by atoms with van der Waals surface area (Å²) in [5, 5.41) is 0. The minimum absolute atomic E-state index is 0.516. The van der Waals surface area contributed by atoms with E-state index in [1.54, 1.807) is 24.3 Å². The van der Waals surface area contributed by atoms with Crippen molar-refractivity contribution >= 4 is 21.0 Å². The van der Waals surface area contributed by atoms with Crippen LogP contribution in [0.15, 0.2) is 24.3 Å². The minimum atomic E-state index is -3.04. The molecular weight excluding hydrogens is 269 g/mol. The second kappa shape index (κ2) is 7.42. The summed E-state index contributed by atoms with van der Waals surface area (Å²) in [6.45, 7) is 2.63. The van der Waals surface area contributed by atoms with Gasteiger partial charge in [0.1, 0.15) is 0 Å². The van der Waals surface area contributed by atoms with Crippen LogP contribution in [-0.4, -0.2) is 21.9 Å². The number of nitrogens with two attached hydrogens (primary N) is 1. The van der Waals surface area contributed by atoms with Crippen molar-refractivity contribution in [3.63, 3.8) is 0 Å². The van der Waals surface area contributed by atoms with Gasteiger partial charge in [0.25, 0.3) is 0 Å². The molecule has 0 aromatic heterocycles. The zero-order chi connectivity index (χ0) is 11.8. The number of benzene rings is 1. The Bertz CT molecular complexity index is 327. The van der Waals surface area contributed by atoms with Gasteiger partial charge in [-0.15, -0.1) is 0 Å². The van der Waals surface area contributed by atoms with Gasteiger partial charge >= 0.3 is 101 Å². The molecule has 4 nitrogen and oxygen atoms in total. The van der Waals surface area contributed by atoms with Gasteiger partial charge in [-0.25, -0.2) is 0 Å². The van der Waals surface area contributed by atoms with Gasteiger partial charge in [0.05, 0.1) is 0 Å². The van der Waals surface area contributed by atoms with E-state index in [1.165, 1.54) is 0 Å². The average Bonchev–Trinajstić information content (AvgIpc) is 2.28. The van der Waals surface area contributed by atoms with E-state index in [2.05, 4.69) is 6.92 Å². The number of nitrogen functional groups attached to an aromatic ring is 1. The molecule has 16 heavy (non-hydrogen) atoms. The molecule has 90 valence electrons. The second-order valence-electron chi connectivity index (χ2n) is 3.48.